The molecule has 0 saturated heterocycles. The first-order valence-electron chi connectivity index (χ1n) is 9.86. The van der Waals surface area contributed by atoms with Crippen molar-refractivity contribution in [1.29, 1.82) is 0 Å². The number of Topliss-reactive ketones (excluding diaryl/α,β-unsaturated/α-hetero) is 1. The maximum atomic E-state index is 12.3. The summed E-state index contributed by atoms with van der Waals surface area (Å²) in [5, 5.41) is 5.55. The quantitative estimate of drug-likeness (QED) is 0.572. The maximum Gasteiger partial charge on any atom is 0.226 e. The van der Waals surface area contributed by atoms with Gasteiger partial charge in [-0.05, 0) is 48.9 Å². The molecule has 0 aliphatic carbocycles. The van der Waals surface area contributed by atoms with Crippen molar-refractivity contribution >= 4 is 29.0 Å². The predicted molar refractivity (Wildman–Crippen MR) is 114 cm³/mol. The van der Waals surface area contributed by atoms with Crippen molar-refractivity contribution in [3.63, 3.8) is 0 Å². The summed E-state index contributed by atoms with van der Waals surface area (Å²) >= 11 is 0. The van der Waals surface area contributed by atoms with E-state index >= 15 is 0 Å². The Labute approximate surface area is 171 Å². The molecule has 154 valence electrons. The summed E-state index contributed by atoms with van der Waals surface area (Å²) in [4.78, 5) is 36.3. The smallest absolute Gasteiger partial charge is 0.226 e. The highest BCUT2D eigenvalue weighted by molar-refractivity contribution is 6.00. The highest BCUT2D eigenvalue weighted by Crippen LogP contribution is 2.17. The zero-order valence-electron chi connectivity index (χ0n) is 17.2. The zero-order chi connectivity index (χ0) is 21.2. The Hall–Kier alpha value is -3.15. The van der Waals surface area contributed by atoms with Crippen LogP contribution >= 0.6 is 0 Å². The number of carbonyl (C=O) groups is 3. The largest absolute Gasteiger partial charge is 0.494 e. The molecule has 0 radical (unpaired) electrons. The summed E-state index contributed by atoms with van der Waals surface area (Å²) in [5.74, 6) is 0.149. The molecule has 0 aliphatic heterocycles. The molecular weight excluding hydrogens is 368 g/mol. The summed E-state index contributed by atoms with van der Waals surface area (Å²) in [6, 6.07) is 13.9. The van der Waals surface area contributed by atoms with Gasteiger partial charge in [0.25, 0.3) is 0 Å². The number of hydrogen-bond donors (Lipinski definition) is 2. The van der Waals surface area contributed by atoms with E-state index in [0.717, 1.165) is 12.2 Å². The highest BCUT2D eigenvalue weighted by Gasteiger charge is 2.11. The van der Waals surface area contributed by atoms with E-state index in [2.05, 4.69) is 10.6 Å². The van der Waals surface area contributed by atoms with Crippen LogP contribution in [0.1, 0.15) is 50.4 Å². The first kappa shape index (κ1) is 22.1. The fourth-order valence-corrected chi connectivity index (χ4v) is 2.51. The maximum absolute atomic E-state index is 12.3. The molecule has 0 spiro atoms. The van der Waals surface area contributed by atoms with Crippen molar-refractivity contribution in [1.82, 2.24) is 0 Å². The molecule has 0 fully saturated rings. The van der Waals surface area contributed by atoms with E-state index in [-0.39, 0.29) is 36.4 Å². The van der Waals surface area contributed by atoms with Crippen LogP contribution in [0.15, 0.2) is 48.5 Å². The fourth-order valence-electron chi connectivity index (χ4n) is 2.51. The average Bonchev–Trinajstić information content (AvgIpc) is 2.71. The Balaban J connectivity index is 1.85. The number of ether oxygens (including phenoxy) is 1. The lowest BCUT2D eigenvalue weighted by molar-refractivity contribution is -0.119. The third-order valence-electron chi connectivity index (χ3n) is 4.17. The molecule has 6 heteroatoms. The lowest BCUT2D eigenvalue weighted by Gasteiger charge is -2.10. The van der Waals surface area contributed by atoms with Gasteiger partial charge in [0.15, 0.2) is 5.78 Å². The molecule has 29 heavy (non-hydrogen) atoms. The van der Waals surface area contributed by atoms with Crippen molar-refractivity contribution in [3.05, 3.63) is 54.1 Å². The van der Waals surface area contributed by atoms with Crippen LogP contribution in [0, 0.1) is 5.92 Å². The molecule has 2 aromatic carbocycles. The van der Waals surface area contributed by atoms with E-state index in [9.17, 15) is 14.4 Å². The molecule has 2 N–H and O–H groups in total. The van der Waals surface area contributed by atoms with Gasteiger partial charge in [-0.15, -0.1) is 0 Å². The lowest BCUT2D eigenvalue weighted by Crippen LogP contribution is -2.18. The Morgan fingerprint density at radius 2 is 1.59 bits per heavy atom. The number of rotatable bonds is 10. The van der Waals surface area contributed by atoms with Gasteiger partial charge in [-0.25, -0.2) is 0 Å². The average molecular weight is 396 g/mol. The number of amides is 2. The number of benzene rings is 2. The normalized spacial score (nSPS) is 10.5. The number of carbonyl (C=O) groups excluding carboxylic acids is 3. The van der Waals surface area contributed by atoms with Gasteiger partial charge >= 0.3 is 0 Å². The van der Waals surface area contributed by atoms with Gasteiger partial charge in [-0.3, -0.25) is 14.4 Å². The highest BCUT2D eigenvalue weighted by atomic mass is 16.5. The molecule has 0 aliphatic rings. The van der Waals surface area contributed by atoms with Crippen LogP contribution in [0.4, 0.5) is 11.4 Å². The standard InChI is InChI=1S/C23H28N2O4/c1-4-14-29-20-10-8-17(9-11-20)21(26)12-13-22(27)24-18-6-5-7-19(15-18)25-23(28)16(2)3/h5-11,15-16H,4,12-14H2,1-3H3,(H,24,27)(H,25,28). The summed E-state index contributed by atoms with van der Waals surface area (Å²) in [6.07, 6.45) is 1.11. The Bertz CT molecular complexity index is 844. The topological polar surface area (TPSA) is 84.5 Å². The molecule has 0 heterocycles. The Kier molecular flexibility index (Phi) is 8.40. The summed E-state index contributed by atoms with van der Waals surface area (Å²) in [7, 11) is 0. The molecule has 0 aromatic heterocycles. The number of ketones is 1. The van der Waals surface area contributed by atoms with Crippen LogP contribution in [-0.4, -0.2) is 24.2 Å². The number of hydrogen-bond acceptors (Lipinski definition) is 4. The molecule has 2 aromatic rings. The van der Waals surface area contributed by atoms with E-state index in [1.165, 1.54) is 0 Å². The monoisotopic (exact) mass is 396 g/mol. The second-order valence-electron chi connectivity index (χ2n) is 7.07. The van der Waals surface area contributed by atoms with Gasteiger partial charge in [-0.2, -0.15) is 0 Å². The predicted octanol–water partition coefficient (Wildman–Crippen LogP) is 4.67. The van der Waals surface area contributed by atoms with Crippen molar-refractivity contribution in [3.8, 4) is 5.75 Å². The summed E-state index contributed by atoms with van der Waals surface area (Å²) in [5.41, 5.74) is 1.74. The summed E-state index contributed by atoms with van der Waals surface area (Å²) < 4.78 is 5.50. The van der Waals surface area contributed by atoms with Gasteiger partial charge < -0.3 is 15.4 Å². The SMILES string of the molecule is CCCOc1ccc(C(=O)CCC(=O)Nc2cccc(NC(=O)C(C)C)c2)cc1. The fraction of sp³-hybridized carbons (Fsp3) is 0.348. The molecule has 0 bridgehead atoms. The number of nitrogens with one attached hydrogen (secondary N) is 2. The van der Waals surface area contributed by atoms with Crippen LogP contribution in [-0.2, 0) is 9.59 Å². The number of anilines is 2. The molecule has 0 unspecified atom stereocenters. The molecule has 6 nitrogen and oxygen atoms in total. The van der Waals surface area contributed by atoms with E-state index in [4.69, 9.17) is 4.74 Å². The third-order valence-corrected chi connectivity index (χ3v) is 4.17. The van der Waals surface area contributed by atoms with E-state index < -0.39 is 0 Å². The first-order valence-corrected chi connectivity index (χ1v) is 9.86. The van der Waals surface area contributed by atoms with Crippen molar-refractivity contribution in [2.24, 2.45) is 5.92 Å². The Morgan fingerprint density at radius 1 is 0.931 bits per heavy atom. The van der Waals surface area contributed by atoms with Crippen LogP contribution in [0.25, 0.3) is 0 Å². The van der Waals surface area contributed by atoms with Crippen molar-refractivity contribution in [2.75, 3.05) is 17.2 Å². The molecule has 2 rings (SSSR count). The van der Waals surface area contributed by atoms with Gasteiger partial charge in [-0.1, -0.05) is 26.8 Å². The van der Waals surface area contributed by atoms with E-state index in [0.29, 0.717) is 23.5 Å². The molecule has 0 saturated carbocycles. The van der Waals surface area contributed by atoms with E-state index in [1.54, 1.807) is 48.5 Å². The van der Waals surface area contributed by atoms with Gasteiger partial charge in [0, 0.05) is 35.7 Å². The van der Waals surface area contributed by atoms with Gasteiger partial charge in [0.05, 0.1) is 6.61 Å². The van der Waals surface area contributed by atoms with Gasteiger partial charge in [0.2, 0.25) is 11.8 Å². The zero-order valence-corrected chi connectivity index (χ0v) is 17.2. The second kappa shape index (κ2) is 11.0. The summed E-state index contributed by atoms with van der Waals surface area (Å²) in [6.45, 7) is 6.28. The van der Waals surface area contributed by atoms with E-state index in [1.807, 2.05) is 20.8 Å². The minimum Gasteiger partial charge on any atom is -0.494 e. The minimum atomic E-state index is -0.256. The third kappa shape index (κ3) is 7.41. The lowest BCUT2D eigenvalue weighted by atomic mass is 10.1. The van der Waals surface area contributed by atoms with Crippen molar-refractivity contribution in [2.45, 2.75) is 40.0 Å². The van der Waals surface area contributed by atoms with Crippen molar-refractivity contribution < 1.29 is 19.1 Å². The van der Waals surface area contributed by atoms with Crippen LogP contribution in [0.3, 0.4) is 0 Å². The van der Waals surface area contributed by atoms with Gasteiger partial charge in [0.1, 0.15) is 5.75 Å². The second-order valence-corrected chi connectivity index (χ2v) is 7.07. The van der Waals surface area contributed by atoms with Crippen LogP contribution in [0.5, 0.6) is 5.75 Å². The minimum absolute atomic E-state index is 0.0789. The molecule has 2 amide bonds. The Morgan fingerprint density at radius 3 is 2.21 bits per heavy atom. The van der Waals surface area contributed by atoms with Crippen LogP contribution in [0.2, 0.25) is 0 Å². The first-order chi connectivity index (χ1) is 13.9. The molecular formula is C23H28N2O4. The van der Waals surface area contributed by atoms with Crippen LogP contribution < -0.4 is 15.4 Å². The molecule has 0 atom stereocenters.